The Bertz CT molecular complexity index is 296. The maximum Gasteiger partial charge on any atom is 0.320 e. The summed E-state index contributed by atoms with van der Waals surface area (Å²) in [5.74, 6) is -0.740. The minimum absolute atomic E-state index is 0.380. The van der Waals surface area contributed by atoms with E-state index in [1.807, 2.05) is 6.92 Å². The molecule has 1 aliphatic carbocycles. The Hall–Kier alpha value is -0.650. The summed E-state index contributed by atoms with van der Waals surface area (Å²) in [5, 5.41) is 12.2. The first-order valence-corrected chi connectivity index (χ1v) is 7.54. The van der Waals surface area contributed by atoms with E-state index in [9.17, 15) is 4.79 Å². The number of rotatable bonds is 6. The number of carboxylic acid groups (broad SMARTS) is 1. The maximum absolute atomic E-state index is 11.1. The third-order valence-corrected chi connectivity index (χ3v) is 4.30. The second-order valence-corrected chi connectivity index (χ2v) is 5.53. The fourth-order valence-corrected chi connectivity index (χ4v) is 3.31. The normalized spacial score (nSPS) is 29.7. The first-order chi connectivity index (χ1) is 9.22. The predicted molar refractivity (Wildman–Crippen MR) is 73.3 cm³/mol. The zero-order valence-corrected chi connectivity index (χ0v) is 11.8. The van der Waals surface area contributed by atoms with Crippen molar-refractivity contribution >= 4 is 5.97 Å². The van der Waals surface area contributed by atoms with Crippen LogP contribution in [0.4, 0.5) is 0 Å². The zero-order valence-electron chi connectivity index (χ0n) is 11.8. The standard InChI is InChI=1S/C14H26N2O3/c1-2-15-11(14(17)18)7-8-16-9-10-19-13-6-4-3-5-12(13)16/h11-13,15H,2-10H2,1H3,(H,17,18). The number of carbonyl (C=O) groups is 1. The lowest BCUT2D eigenvalue weighted by molar-refractivity contribution is -0.140. The molecule has 3 atom stereocenters. The van der Waals surface area contributed by atoms with Crippen LogP contribution in [0.25, 0.3) is 0 Å². The summed E-state index contributed by atoms with van der Waals surface area (Å²) in [5.41, 5.74) is 0. The number of carboxylic acids is 1. The van der Waals surface area contributed by atoms with Crippen molar-refractivity contribution in [1.29, 1.82) is 0 Å². The molecule has 1 saturated carbocycles. The van der Waals surface area contributed by atoms with Gasteiger partial charge in [0.05, 0.1) is 12.7 Å². The molecule has 0 radical (unpaired) electrons. The third kappa shape index (κ3) is 3.91. The van der Waals surface area contributed by atoms with E-state index in [4.69, 9.17) is 9.84 Å². The number of nitrogens with one attached hydrogen (secondary N) is 1. The van der Waals surface area contributed by atoms with Gasteiger partial charge in [-0.15, -0.1) is 0 Å². The van der Waals surface area contributed by atoms with Crippen molar-refractivity contribution in [3.63, 3.8) is 0 Å². The molecule has 0 bridgehead atoms. The Balaban J connectivity index is 1.84. The fraction of sp³-hybridized carbons (Fsp3) is 0.929. The SMILES string of the molecule is CCNC(CCN1CCOC2CCCCC21)C(=O)O. The summed E-state index contributed by atoms with van der Waals surface area (Å²) in [6, 6.07) is 0.0912. The molecule has 2 fully saturated rings. The van der Waals surface area contributed by atoms with Crippen LogP contribution in [-0.2, 0) is 9.53 Å². The molecular weight excluding hydrogens is 244 g/mol. The molecule has 0 spiro atoms. The third-order valence-electron chi connectivity index (χ3n) is 4.30. The van der Waals surface area contributed by atoms with E-state index in [-0.39, 0.29) is 0 Å². The number of nitrogens with zero attached hydrogens (tertiary/aromatic N) is 1. The lowest BCUT2D eigenvalue weighted by Crippen LogP contribution is -2.53. The van der Waals surface area contributed by atoms with Crippen molar-refractivity contribution in [2.24, 2.45) is 0 Å². The number of ether oxygens (including phenoxy) is 1. The average Bonchev–Trinajstić information content (AvgIpc) is 2.43. The molecule has 3 unspecified atom stereocenters. The number of aliphatic carboxylic acids is 1. The van der Waals surface area contributed by atoms with Gasteiger partial charge in [-0.05, 0) is 25.8 Å². The average molecular weight is 270 g/mol. The Morgan fingerprint density at radius 2 is 2.26 bits per heavy atom. The van der Waals surface area contributed by atoms with Gasteiger partial charge in [-0.1, -0.05) is 19.8 Å². The summed E-state index contributed by atoms with van der Waals surface area (Å²) in [6.07, 6.45) is 5.96. The zero-order chi connectivity index (χ0) is 13.7. The van der Waals surface area contributed by atoms with Gasteiger partial charge >= 0.3 is 5.97 Å². The molecule has 5 heteroatoms. The van der Waals surface area contributed by atoms with Crippen molar-refractivity contribution in [3.05, 3.63) is 0 Å². The van der Waals surface area contributed by atoms with Crippen LogP contribution in [0, 0.1) is 0 Å². The summed E-state index contributed by atoms with van der Waals surface area (Å²) in [6.45, 7) is 5.24. The molecule has 19 heavy (non-hydrogen) atoms. The highest BCUT2D eigenvalue weighted by molar-refractivity contribution is 5.73. The van der Waals surface area contributed by atoms with E-state index < -0.39 is 12.0 Å². The van der Waals surface area contributed by atoms with Crippen LogP contribution < -0.4 is 5.32 Å². The van der Waals surface area contributed by atoms with Crippen LogP contribution in [0.3, 0.4) is 0 Å². The van der Waals surface area contributed by atoms with Crippen LogP contribution in [0.5, 0.6) is 0 Å². The molecule has 0 aromatic heterocycles. The number of hydrogen-bond acceptors (Lipinski definition) is 4. The predicted octanol–water partition coefficient (Wildman–Crippen LogP) is 1.08. The van der Waals surface area contributed by atoms with Crippen molar-refractivity contribution < 1.29 is 14.6 Å². The molecule has 5 nitrogen and oxygen atoms in total. The molecular formula is C14H26N2O3. The van der Waals surface area contributed by atoms with Crippen molar-refractivity contribution in [2.75, 3.05) is 26.2 Å². The summed E-state index contributed by atoms with van der Waals surface area (Å²) < 4.78 is 5.84. The highest BCUT2D eigenvalue weighted by Crippen LogP contribution is 2.28. The first-order valence-electron chi connectivity index (χ1n) is 7.54. The number of likely N-dealkylation sites (N-methyl/N-ethyl adjacent to an activating group) is 1. The molecule has 110 valence electrons. The molecule has 1 heterocycles. The smallest absolute Gasteiger partial charge is 0.320 e. The quantitative estimate of drug-likeness (QED) is 0.756. The van der Waals surface area contributed by atoms with Gasteiger partial charge in [0.2, 0.25) is 0 Å². The number of fused-ring (bicyclic) bond motifs is 1. The van der Waals surface area contributed by atoms with Crippen LogP contribution in [0.2, 0.25) is 0 Å². The highest BCUT2D eigenvalue weighted by atomic mass is 16.5. The topological polar surface area (TPSA) is 61.8 Å². The summed E-state index contributed by atoms with van der Waals surface area (Å²) in [7, 11) is 0. The fourth-order valence-electron chi connectivity index (χ4n) is 3.31. The van der Waals surface area contributed by atoms with Crippen molar-refractivity contribution in [2.45, 2.75) is 57.2 Å². The Labute approximate surface area is 115 Å². The van der Waals surface area contributed by atoms with E-state index in [0.29, 0.717) is 25.1 Å². The van der Waals surface area contributed by atoms with Gasteiger partial charge < -0.3 is 15.2 Å². The van der Waals surface area contributed by atoms with E-state index in [0.717, 1.165) is 26.1 Å². The van der Waals surface area contributed by atoms with E-state index in [1.54, 1.807) is 0 Å². The van der Waals surface area contributed by atoms with E-state index >= 15 is 0 Å². The van der Waals surface area contributed by atoms with Crippen LogP contribution in [-0.4, -0.2) is 60.4 Å². The van der Waals surface area contributed by atoms with E-state index in [2.05, 4.69) is 10.2 Å². The minimum atomic E-state index is -0.740. The van der Waals surface area contributed by atoms with Gasteiger partial charge in [-0.25, -0.2) is 0 Å². The summed E-state index contributed by atoms with van der Waals surface area (Å²) in [4.78, 5) is 13.6. The van der Waals surface area contributed by atoms with Crippen LogP contribution in [0.1, 0.15) is 39.0 Å². The molecule has 1 saturated heterocycles. The minimum Gasteiger partial charge on any atom is -0.480 e. The van der Waals surface area contributed by atoms with Gasteiger partial charge in [-0.2, -0.15) is 0 Å². The molecule has 2 N–H and O–H groups in total. The monoisotopic (exact) mass is 270 g/mol. The number of morpholine rings is 1. The van der Waals surface area contributed by atoms with Crippen LogP contribution in [0.15, 0.2) is 0 Å². The van der Waals surface area contributed by atoms with Gasteiger partial charge in [0.25, 0.3) is 0 Å². The Kier molecular flexibility index (Phi) is 5.60. The van der Waals surface area contributed by atoms with Gasteiger partial charge in [-0.3, -0.25) is 9.69 Å². The van der Waals surface area contributed by atoms with Gasteiger partial charge in [0.1, 0.15) is 6.04 Å². The van der Waals surface area contributed by atoms with Crippen LogP contribution >= 0.6 is 0 Å². The lowest BCUT2D eigenvalue weighted by atomic mass is 9.90. The second-order valence-electron chi connectivity index (χ2n) is 5.53. The first kappa shape index (κ1) is 14.8. The molecule has 0 aromatic carbocycles. The lowest BCUT2D eigenvalue weighted by Gasteiger charge is -2.44. The van der Waals surface area contributed by atoms with Crippen molar-refractivity contribution in [1.82, 2.24) is 10.2 Å². The molecule has 2 rings (SSSR count). The van der Waals surface area contributed by atoms with Gasteiger partial charge in [0, 0.05) is 19.1 Å². The molecule has 0 amide bonds. The Morgan fingerprint density at radius 3 is 3.00 bits per heavy atom. The van der Waals surface area contributed by atoms with E-state index in [1.165, 1.54) is 19.3 Å². The molecule has 2 aliphatic rings. The second kappa shape index (κ2) is 7.22. The summed E-state index contributed by atoms with van der Waals surface area (Å²) >= 11 is 0. The molecule has 0 aromatic rings. The van der Waals surface area contributed by atoms with Gasteiger partial charge in [0.15, 0.2) is 0 Å². The number of hydrogen-bond donors (Lipinski definition) is 2. The highest BCUT2D eigenvalue weighted by Gasteiger charge is 2.34. The molecule has 1 aliphatic heterocycles. The maximum atomic E-state index is 11.1. The van der Waals surface area contributed by atoms with Crippen molar-refractivity contribution in [3.8, 4) is 0 Å². The Morgan fingerprint density at radius 1 is 1.47 bits per heavy atom. The largest absolute Gasteiger partial charge is 0.480 e.